The molecule has 0 unspecified atom stereocenters. The van der Waals surface area contributed by atoms with Gasteiger partial charge in [0.15, 0.2) is 0 Å². The van der Waals surface area contributed by atoms with Gasteiger partial charge in [-0.2, -0.15) is 0 Å². The third-order valence-corrected chi connectivity index (χ3v) is 3.90. The molecule has 0 saturated heterocycles. The van der Waals surface area contributed by atoms with Gasteiger partial charge in [-0.1, -0.05) is 18.2 Å². The molecule has 1 N–H and O–H groups in total. The highest BCUT2D eigenvalue weighted by Gasteiger charge is 1.99. The van der Waals surface area contributed by atoms with Crippen molar-refractivity contribution in [1.82, 2.24) is 0 Å². The van der Waals surface area contributed by atoms with E-state index in [1.54, 1.807) is 0 Å². The summed E-state index contributed by atoms with van der Waals surface area (Å²) in [6, 6.07) is 14.9. The molecule has 0 amide bonds. The Morgan fingerprint density at radius 3 is 2.47 bits per heavy atom. The summed E-state index contributed by atoms with van der Waals surface area (Å²) in [7, 11) is 0. The van der Waals surface area contributed by atoms with Crippen LogP contribution in [0.4, 0.5) is 5.69 Å². The zero-order valence-electron chi connectivity index (χ0n) is 9.50. The first-order chi connectivity index (χ1) is 8.15. The Hall–Kier alpha value is -0.550. The van der Waals surface area contributed by atoms with E-state index in [1.165, 1.54) is 14.7 Å². The highest BCUT2D eigenvalue weighted by atomic mass is 127. The second kappa shape index (κ2) is 5.87. The third kappa shape index (κ3) is 3.71. The van der Waals surface area contributed by atoms with Crippen LogP contribution in [-0.2, 0) is 6.54 Å². The first-order valence-electron chi connectivity index (χ1n) is 5.39. The summed E-state index contributed by atoms with van der Waals surface area (Å²) in [5.74, 6) is 0. The van der Waals surface area contributed by atoms with E-state index >= 15 is 0 Å². The highest BCUT2D eigenvalue weighted by Crippen LogP contribution is 2.23. The van der Waals surface area contributed by atoms with Crippen molar-refractivity contribution in [1.29, 1.82) is 0 Å². The molecule has 0 aliphatic rings. The maximum absolute atomic E-state index is 3.57. The molecule has 0 heterocycles. The SMILES string of the molecule is Cc1ccc(NCc2ccc(I)cc2)c(Br)c1. The molecule has 0 spiro atoms. The standard InChI is InChI=1S/C14H13BrIN/c1-10-2-7-14(13(15)8-10)17-9-11-3-5-12(16)6-4-11/h2-8,17H,9H2,1H3. The van der Waals surface area contributed by atoms with Crippen LogP contribution in [0.2, 0.25) is 0 Å². The van der Waals surface area contributed by atoms with Gasteiger partial charge in [0.25, 0.3) is 0 Å². The minimum Gasteiger partial charge on any atom is -0.380 e. The Labute approximate surface area is 124 Å². The molecule has 0 aliphatic heterocycles. The summed E-state index contributed by atoms with van der Waals surface area (Å²) in [5, 5.41) is 3.43. The fourth-order valence-corrected chi connectivity index (χ4v) is 2.56. The summed E-state index contributed by atoms with van der Waals surface area (Å²) in [4.78, 5) is 0. The second-order valence-corrected chi connectivity index (χ2v) is 6.06. The van der Waals surface area contributed by atoms with Gasteiger partial charge in [-0.3, -0.25) is 0 Å². The monoisotopic (exact) mass is 401 g/mol. The molecule has 17 heavy (non-hydrogen) atoms. The number of hydrogen-bond acceptors (Lipinski definition) is 1. The quantitative estimate of drug-likeness (QED) is 0.715. The fraction of sp³-hybridized carbons (Fsp3) is 0.143. The van der Waals surface area contributed by atoms with Gasteiger partial charge < -0.3 is 5.32 Å². The van der Waals surface area contributed by atoms with E-state index in [0.717, 1.165) is 16.7 Å². The molecule has 0 aromatic heterocycles. The average Bonchev–Trinajstić information content (AvgIpc) is 2.30. The van der Waals surface area contributed by atoms with Gasteiger partial charge >= 0.3 is 0 Å². The maximum atomic E-state index is 3.57. The third-order valence-electron chi connectivity index (χ3n) is 2.52. The Kier molecular flexibility index (Phi) is 4.45. The number of halogens is 2. The predicted octanol–water partition coefficient (Wildman–Crippen LogP) is 4.97. The van der Waals surface area contributed by atoms with E-state index in [0.29, 0.717) is 0 Å². The van der Waals surface area contributed by atoms with Crippen LogP contribution in [0, 0.1) is 10.5 Å². The van der Waals surface area contributed by atoms with Crippen molar-refractivity contribution in [3.05, 3.63) is 61.6 Å². The minimum absolute atomic E-state index is 0.846. The van der Waals surface area contributed by atoms with Crippen LogP contribution in [0.15, 0.2) is 46.9 Å². The summed E-state index contributed by atoms with van der Waals surface area (Å²) >= 11 is 5.89. The van der Waals surface area contributed by atoms with Crippen LogP contribution < -0.4 is 5.32 Å². The number of nitrogens with one attached hydrogen (secondary N) is 1. The van der Waals surface area contributed by atoms with E-state index in [9.17, 15) is 0 Å². The van der Waals surface area contributed by atoms with Gasteiger partial charge in [0, 0.05) is 20.3 Å². The molecule has 2 rings (SSSR count). The van der Waals surface area contributed by atoms with E-state index in [-0.39, 0.29) is 0 Å². The smallest absolute Gasteiger partial charge is 0.0487 e. The van der Waals surface area contributed by atoms with Crippen molar-refractivity contribution in [2.24, 2.45) is 0 Å². The number of rotatable bonds is 3. The van der Waals surface area contributed by atoms with E-state index in [2.05, 4.69) is 93.2 Å². The molecule has 0 bridgehead atoms. The molecule has 1 nitrogen and oxygen atoms in total. The number of benzene rings is 2. The number of anilines is 1. The van der Waals surface area contributed by atoms with Crippen molar-refractivity contribution in [3.63, 3.8) is 0 Å². The molecule has 88 valence electrons. The van der Waals surface area contributed by atoms with Gasteiger partial charge in [-0.05, 0) is 80.8 Å². The second-order valence-electron chi connectivity index (χ2n) is 3.96. The lowest BCUT2D eigenvalue weighted by Crippen LogP contribution is -2.00. The molecule has 0 radical (unpaired) electrons. The Bertz CT molecular complexity index is 508. The Morgan fingerprint density at radius 1 is 1.12 bits per heavy atom. The van der Waals surface area contributed by atoms with Gasteiger partial charge in [0.05, 0.1) is 0 Å². The lowest BCUT2D eigenvalue weighted by atomic mass is 10.2. The molecule has 0 atom stereocenters. The summed E-state index contributed by atoms with van der Waals surface area (Å²) in [6.45, 7) is 2.94. The Balaban J connectivity index is 2.04. The van der Waals surface area contributed by atoms with Crippen molar-refractivity contribution < 1.29 is 0 Å². The minimum atomic E-state index is 0.846. The predicted molar refractivity (Wildman–Crippen MR) is 85.4 cm³/mol. The summed E-state index contributed by atoms with van der Waals surface area (Å²) in [6.07, 6.45) is 0. The van der Waals surface area contributed by atoms with Crippen LogP contribution in [0.3, 0.4) is 0 Å². The number of hydrogen-bond donors (Lipinski definition) is 1. The van der Waals surface area contributed by atoms with Crippen LogP contribution in [0.25, 0.3) is 0 Å². The lowest BCUT2D eigenvalue weighted by Gasteiger charge is -2.09. The van der Waals surface area contributed by atoms with Crippen molar-refractivity contribution >= 4 is 44.2 Å². The molecule has 2 aromatic carbocycles. The number of aryl methyl sites for hydroxylation is 1. The lowest BCUT2D eigenvalue weighted by molar-refractivity contribution is 1.14. The maximum Gasteiger partial charge on any atom is 0.0487 e. The van der Waals surface area contributed by atoms with Gasteiger partial charge in [-0.25, -0.2) is 0 Å². The summed E-state index contributed by atoms with van der Waals surface area (Å²) in [5.41, 5.74) is 3.68. The van der Waals surface area contributed by atoms with Gasteiger partial charge in [0.2, 0.25) is 0 Å². The normalized spacial score (nSPS) is 10.3. The zero-order chi connectivity index (χ0) is 12.3. The van der Waals surface area contributed by atoms with E-state index < -0.39 is 0 Å². The van der Waals surface area contributed by atoms with Crippen LogP contribution in [0.5, 0.6) is 0 Å². The molecule has 0 saturated carbocycles. The van der Waals surface area contributed by atoms with Crippen LogP contribution in [-0.4, -0.2) is 0 Å². The molecular formula is C14H13BrIN. The van der Waals surface area contributed by atoms with Crippen molar-refractivity contribution in [2.75, 3.05) is 5.32 Å². The van der Waals surface area contributed by atoms with Gasteiger partial charge in [0.1, 0.15) is 0 Å². The largest absolute Gasteiger partial charge is 0.380 e. The molecule has 2 aromatic rings. The zero-order valence-corrected chi connectivity index (χ0v) is 13.2. The Morgan fingerprint density at radius 2 is 1.82 bits per heavy atom. The molecule has 3 heteroatoms. The first-order valence-corrected chi connectivity index (χ1v) is 7.27. The molecular weight excluding hydrogens is 389 g/mol. The average molecular weight is 402 g/mol. The fourth-order valence-electron chi connectivity index (χ4n) is 1.56. The summed E-state index contributed by atoms with van der Waals surface area (Å²) < 4.78 is 2.38. The van der Waals surface area contributed by atoms with E-state index in [4.69, 9.17) is 0 Å². The molecule has 0 aliphatic carbocycles. The van der Waals surface area contributed by atoms with Crippen molar-refractivity contribution in [2.45, 2.75) is 13.5 Å². The van der Waals surface area contributed by atoms with Crippen LogP contribution >= 0.6 is 38.5 Å². The molecule has 0 fully saturated rings. The van der Waals surface area contributed by atoms with Gasteiger partial charge in [-0.15, -0.1) is 0 Å². The topological polar surface area (TPSA) is 12.0 Å². The van der Waals surface area contributed by atoms with E-state index in [1.807, 2.05) is 0 Å². The first kappa shape index (κ1) is 12.9. The van der Waals surface area contributed by atoms with Crippen molar-refractivity contribution in [3.8, 4) is 0 Å². The highest BCUT2D eigenvalue weighted by molar-refractivity contribution is 14.1. The van der Waals surface area contributed by atoms with Crippen LogP contribution in [0.1, 0.15) is 11.1 Å².